The van der Waals surface area contributed by atoms with Crippen LogP contribution in [0.25, 0.3) is 5.57 Å². The highest BCUT2D eigenvalue weighted by Crippen LogP contribution is 2.39. The maximum absolute atomic E-state index is 13.0. The Bertz CT molecular complexity index is 1190. The first kappa shape index (κ1) is 22.3. The number of aryl methyl sites for hydroxylation is 1. The van der Waals surface area contributed by atoms with Gasteiger partial charge in [0.05, 0.1) is 18.8 Å². The summed E-state index contributed by atoms with van der Waals surface area (Å²) in [5, 5.41) is 10.5. The van der Waals surface area contributed by atoms with Crippen molar-refractivity contribution in [1.29, 1.82) is 0 Å². The highest BCUT2D eigenvalue weighted by Gasteiger charge is 2.40. The van der Waals surface area contributed by atoms with Crippen molar-refractivity contribution in [2.24, 2.45) is 0 Å². The Balaban J connectivity index is 1.64. The monoisotopic (exact) mass is 442 g/mol. The van der Waals surface area contributed by atoms with Crippen molar-refractivity contribution in [1.82, 2.24) is 0 Å². The van der Waals surface area contributed by atoms with E-state index in [0.29, 0.717) is 23.6 Å². The van der Waals surface area contributed by atoms with Crippen LogP contribution in [0.4, 0.5) is 0 Å². The number of ether oxygens (including phenoxy) is 2. The van der Waals surface area contributed by atoms with Gasteiger partial charge in [0.1, 0.15) is 11.3 Å². The molecule has 0 saturated carbocycles. The van der Waals surface area contributed by atoms with Gasteiger partial charge in [-0.15, -0.1) is 0 Å². The summed E-state index contributed by atoms with van der Waals surface area (Å²) in [5.41, 5.74) is 5.27. The number of rotatable bonds is 8. The Morgan fingerprint density at radius 3 is 2.30 bits per heavy atom. The zero-order valence-corrected chi connectivity index (χ0v) is 19.0. The Kier molecular flexibility index (Phi) is 6.89. The molecule has 33 heavy (non-hydrogen) atoms. The third-order valence-corrected chi connectivity index (χ3v) is 5.59. The van der Waals surface area contributed by atoms with E-state index in [0.717, 1.165) is 39.8 Å². The molecule has 0 aromatic heterocycles. The highest BCUT2D eigenvalue weighted by molar-refractivity contribution is 6.35. The molecule has 3 aromatic rings. The minimum absolute atomic E-state index is 0.249. The second-order valence-corrected chi connectivity index (χ2v) is 7.85. The molecule has 4 rings (SSSR count). The summed E-state index contributed by atoms with van der Waals surface area (Å²) < 4.78 is 12.4. The molecule has 0 spiro atoms. The van der Waals surface area contributed by atoms with E-state index in [2.05, 4.69) is 12.1 Å². The Labute approximate surface area is 194 Å². The summed E-state index contributed by atoms with van der Waals surface area (Å²) in [6.45, 7) is 2.59. The fourth-order valence-corrected chi connectivity index (χ4v) is 4.17. The lowest BCUT2D eigenvalue weighted by Crippen LogP contribution is -2.22. The van der Waals surface area contributed by atoms with Crippen LogP contribution in [0, 0.1) is 0 Å². The molecule has 1 aliphatic rings. The van der Waals surface area contributed by atoms with Gasteiger partial charge in [-0.2, -0.15) is 0 Å². The largest absolute Gasteiger partial charge is 0.494 e. The second-order valence-electron chi connectivity index (χ2n) is 7.85. The minimum Gasteiger partial charge on any atom is -0.494 e. The normalized spacial score (nSPS) is 14.1. The van der Waals surface area contributed by atoms with E-state index >= 15 is 0 Å². The minimum atomic E-state index is -0.464. The van der Waals surface area contributed by atoms with E-state index in [9.17, 15) is 10.0 Å². The van der Waals surface area contributed by atoms with Gasteiger partial charge < -0.3 is 9.47 Å². The molecule has 0 fully saturated rings. The van der Waals surface area contributed by atoms with Gasteiger partial charge in [0, 0.05) is 5.57 Å². The molecule has 0 radical (unpaired) electrons. The number of esters is 1. The van der Waals surface area contributed by atoms with E-state index < -0.39 is 5.97 Å². The van der Waals surface area contributed by atoms with Crippen LogP contribution in [0.15, 0.2) is 84.4 Å². The topological polar surface area (TPSA) is 58.8 Å². The molecule has 5 nitrogen and oxygen atoms in total. The zero-order valence-electron chi connectivity index (χ0n) is 19.0. The van der Waals surface area contributed by atoms with Gasteiger partial charge in [0.15, 0.2) is 7.05 Å². The lowest BCUT2D eigenvalue weighted by molar-refractivity contribution is -0.753. The number of benzene rings is 3. The number of nitrogens with zero attached hydrogens (tertiary/aromatic N) is 1. The third kappa shape index (κ3) is 4.82. The molecule has 1 aliphatic carbocycles. The molecule has 0 amide bonds. The van der Waals surface area contributed by atoms with E-state index in [-0.39, 0.29) is 6.61 Å². The average molecular weight is 443 g/mol. The fourth-order valence-electron chi connectivity index (χ4n) is 4.17. The number of hydrogen-bond acceptors (Lipinski definition) is 4. The number of carbonyl (C=O) groups excluding carboxylic acids is 1. The van der Waals surface area contributed by atoms with Crippen molar-refractivity contribution in [2.75, 3.05) is 20.3 Å². The van der Waals surface area contributed by atoms with Gasteiger partial charge in [-0.1, -0.05) is 60.7 Å². The van der Waals surface area contributed by atoms with Gasteiger partial charge >= 0.3 is 5.97 Å². The Morgan fingerprint density at radius 2 is 1.64 bits per heavy atom. The van der Waals surface area contributed by atoms with Crippen LogP contribution in [-0.2, 0) is 16.0 Å². The summed E-state index contributed by atoms with van der Waals surface area (Å²) in [4.78, 5) is 13.0. The van der Waals surface area contributed by atoms with Crippen LogP contribution in [-0.4, -0.2) is 41.9 Å². The fraction of sp³-hybridized carbons (Fsp3) is 0.214. The molecular weight excluding hydrogens is 414 g/mol. The first-order valence-corrected chi connectivity index (χ1v) is 11.2. The van der Waals surface area contributed by atoms with Crippen LogP contribution >= 0.6 is 0 Å². The third-order valence-electron chi connectivity index (χ3n) is 5.59. The summed E-state index contributed by atoms with van der Waals surface area (Å²) >= 11 is 0. The van der Waals surface area contributed by atoms with Gasteiger partial charge in [0.2, 0.25) is 0 Å². The predicted molar refractivity (Wildman–Crippen MR) is 128 cm³/mol. The van der Waals surface area contributed by atoms with E-state index in [4.69, 9.17) is 9.47 Å². The quantitative estimate of drug-likeness (QED) is 0.177. The van der Waals surface area contributed by atoms with E-state index in [1.165, 1.54) is 12.6 Å². The van der Waals surface area contributed by atoms with Gasteiger partial charge in [-0.05, 0) is 59.4 Å². The van der Waals surface area contributed by atoms with Crippen LogP contribution in [0.2, 0.25) is 0 Å². The summed E-state index contributed by atoms with van der Waals surface area (Å²) in [6.07, 6.45) is 1.83. The Morgan fingerprint density at radius 1 is 0.939 bits per heavy atom. The van der Waals surface area contributed by atoms with Crippen molar-refractivity contribution in [3.8, 4) is 5.75 Å². The maximum Gasteiger partial charge on any atom is 0.345 e. The molecule has 0 unspecified atom stereocenters. The average Bonchev–Trinajstić information content (AvgIpc) is 3.18. The van der Waals surface area contributed by atoms with Crippen LogP contribution < -0.4 is 4.74 Å². The van der Waals surface area contributed by atoms with Crippen LogP contribution in [0.5, 0.6) is 5.75 Å². The van der Waals surface area contributed by atoms with Gasteiger partial charge in [-0.25, -0.2) is 4.79 Å². The van der Waals surface area contributed by atoms with Crippen molar-refractivity contribution >= 4 is 17.3 Å². The molecule has 3 aromatic carbocycles. The van der Waals surface area contributed by atoms with E-state index in [1.54, 1.807) is 6.92 Å². The number of carbonyl (C=O) groups is 1. The van der Waals surface area contributed by atoms with Gasteiger partial charge in [-0.3, -0.25) is 5.21 Å². The predicted octanol–water partition coefficient (Wildman–Crippen LogP) is 4.90. The first-order valence-electron chi connectivity index (χ1n) is 11.2. The van der Waals surface area contributed by atoms with Crippen molar-refractivity contribution in [2.45, 2.75) is 19.8 Å². The summed E-state index contributed by atoms with van der Waals surface area (Å²) in [6, 6.07) is 25.7. The molecule has 1 N–H and O–H groups in total. The smallest absolute Gasteiger partial charge is 0.345 e. The van der Waals surface area contributed by atoms with E-state index in [1.807, 2.05) is 66.7 Å². The molecule has 0 heterocycles. The second kappa shape index (κ2) is 10.2. The first-order chi connectivity index (χ1) is 16.1. The lowest BCUT2D eigenvalue weighted by Gasteiger charge is -2.09. The van der Waals surface area contributed by atoms with Gasteiger partial charge in [0.25, 0.3) is 5.71 Å². The SMILES string of the molecule is CCOC(=O)C1=C(c2ccccc2)c2ccc(OCCCc3ccccc3)cc2/C1=[N+](\C)O. The van der Waals surface area contributed by atoms with Crippen molar-refractivity contribution in [3.63, 3.8) is 0 Å². The molecule has 0 atom stereocenters. The number of fused-ring (bicyclic) bond motifs is 1. The van der Waals surface area contributed by atoms with Crippen molar-refractivity contribution in [3.05, 3.63) is 107 Å². The maximum atomic E-state index is 13.0. The molecule has 0 saturated heterocycles. The standard InChI is InChI=1S/C28H28NO4/c1-3-32-28(30)26-25(21-14-8-5-9-15-21)23-17-16-22(19-24(23)27(26)29(2)31)33-18-10-13-20-11-6-4-7-12-20/h4-9,11-12,14-17,19,31H,3,10,13,18H2,1-2H3/q+1/b29-27-. The Hall–Kier alpha value is -3.86. The van der Waals surface area contributed by atoms with Crippen LogP contribution in [0.1, 0.15) is 35.6 Å². The van der Waals surface area contributed by atoms with Crippen molar-refractivity contribution < 1.29 is 24.2 Å². The molecule has 0 aliphatic heterocycles. The molecule has 0 bridgehead atoms. The van der Waals surface area contributed by atoms with Crippen LogP contribution in [0.3, 0.4) is 0 Å². The summed E-state index contributed by atoms with van der Waals surface area (Å²) in [5.74, 6) is 0.229. The number of hydrogen-bond donors (Lipinski definition) is 1. The summed E-state index contributed by atoms with van der Waals surface area (Å²) in [7, 11) is 1.51. The highest BCUT2D eigenvalue weighted by atomic mass is 16.5. The molecule has 5 heteroatoms. The zero-order chi connectivity index (χ0) is 23.2. The molecule has 168 valence electrons. The lowest BCUT2D eigenvalue weighted by atomic mass is 9.97. The molecular formula is C28H28NO4+. The number of hydroxylamine groups is 1.